The van der Waals surface area contributed by atoms with Gasteiger partial charge in [0.25, 0.3) is 5.69 Å². The van der Waals surface area contributed by atoms with Gasteiger partial charge in [-0.25, -0.2) is 0 Å². The quantitative estimate of drug-likeness (QED) is 0.450. The summed E-state index contributed by atoms with van der Waals surface area (Å²) in [5.41, 5.74) is 6.20. The Bertz CT molecular complexity index is 447. The number of nitrogens with two attached hydrogens (primary N) is 1. The minimum absolute atomic E-state index is 0.00913. The number of nitro groups is 1. The Morgan fingerprint density at radius 1 is 1.40 bits per heavy atom. The Morgan fingerprint density at radius 3 is 2.60 bits per heavy atom. The van der Waals surface area contributed by atoms with E-state index in [2.05, 4.69) is 18.7 Å². The van der Waals surface area contributed by atoms with E-state index in [1.165, 1.54) is 18.2 Å². The number of benzene rings is 1. The summed E-state index contributed by atoms with van der Waals surface area (Å²) in [7, 11) is 0. The van der Waals surface area contributed by atoms with Crippen LogP contribution >= 0.6 is 0 Å². The Kier molecular flexibility index (Phi) is 6.24. The molecule has 0 fully saturated rings. The average Bonchev–Trinajstić information content (AvgIpc) is 2.42. The van der Waals surface area contributed by atoms with Gasteiger partial charge < -0.3 is 15.4 Å². The lowest BCUT2D eigenvalue weighted by Crippen LogP contribution is -2.28. The van der Waals surface area contributed by atoms with E-state index in [-0.39, 0.29) is 11.8 Å². The van der Waals surface area contributed by atoms with Crippen LogP contribution in [0, 0.1) is 10.1 Å². The van der Waals surface area contributed by atoms with Crippen molar-refractivity contribution in [1.82, 2.24) is 4.90 Å². The molecule has 0 amide bonds. The van der Waals surface area contributed by atoms with Crippen LogP contribution in [-0.4, -0.2) is 35.6 Å². The summed E-state index contributed by atoms with van der Waals surface area (Å²) >= 11 is 0. The molecule has 0 saturated heterocycles. The van der Waals surface area contributed by atoms with Gasteiger partial charge >= 0.3 is 0 Å². The fourth-order valence-electron chi connectivity index (χ4n) is 1.92. The van der Waals surface area contributed by atoms with Gasteiger partial charge in [-0.1, -0.05) is 13.8 Å². The molecule has 0 aliphatic rings. The zero-order valence-electron chi connectivity index (χ0n) is 12.3. The molecule has 0 aliphatic carbocycles. The highest BCUT2D eigenvalue weighted by Gasteiger charge is 2.13. The summed E-state index contributed by atoms with van der Waals surface area (Å²) in [4.78, 5) is 12.6. The monoisotopic (exact) mass is 281 g/mol. The van der Waals surface area contributed by atoms with Crippen LogP contribution in [-0.2, 0) is 0 Å². The summed E-state index contributed by atoms with van der Waals surface area (Å²) in [6.07, 6.45) is 0.809. The molecule has 0 radical (unpaired) electrons. The molecule has 1 aromatic carbocycles. The van der Waals surface area contributed by atoms with Gasteiger partial charge in [-0.2, -0.15) is 0 Å². The number of nitro benzene ring substituents is 1. The van der Waals surface area contributed by atoms with Crippen LogP contribution < -0.4 is 10.5 Å². The third kappa shape index (κ3) is 4.70. The van der Waals surface area contributed by atoms with Crippen molar-refractivity contribution in [3.8, 4) is 5.75 Å². The molecule has 0 aromatic heterocycles. The standard InChI is InChI=1S/C14H23N3O3/c1-4-16(5-2)9-8-11(3)20-14-10-12(17(18)19)6-7-13(14)15/h6-7,10-11H,4-5,8-9,15H2,1-3H3. The molecule has 0 aliphatic heterocycles. The lowest BCUT2D eigenvalue weighted by Gasteiger charge is -2.21. The van der Waals surface area contributed by atoms with Crippen molar-refractivity contribution in [3.63, 3.8) is 0 Å². The normalized spacial score (nSPS) is 12.4. The van der Waals surface area contributed by atoms with Crippen molar-refractivity contribution in [1.29, 1.82) is 0 Å². The molecule has 0 bridgehead atoms. The Hall–Kier alpha value is -1.82. The van der Waals surface area contributed by atoms with Crippen LogP contribution in [0.4, 0.5) is 11.4 Å². The number of nitrogens with zero attached hydrogens (tertiary/aromatic N) is 2. The van der Waals surface area contributed by atoms with Crippen LogP contribution in [0.3, 0.4) is 0 Å². The SMILES string of the molecule is CCN(CC)CCC(C)Oc1cc([N+](=O)[O-])ccc1N. The number of nitrogen functional groups attached to an aromatic ring is 1. The molecule has 1 rings (SSSR count). The van der Waals surface area contributed by atoms with Crippen LogP contribution in [0.5, 0.6) is 5.75 Å². The van der Waals surface area contributed by atoms with Crippen molar-refractivity contribution < 1.29 is 9.66 Å². The topological polar surface area (TPSA) is 81.6 Å². The third-order valence-corrected chi connectivity index (χ3v) is 3.28. The van der Waals surface area contributed by atoms with Crippen molar-refractivity contribution in [3.05, 3.63) is 28.3 Å². The first-order valence-corrected chi connectivity index (χ1v) is 6.90. The Labute approximate surface area is 119 Å². The molecule has 1 aromatic rings. The second kappa shape index (κ2) is 7.69. The molecule has 112 valence electrons. The third-order valence-electron chi connectivity index (χ3n) is 3.28. The van der Waals surface area contributed by atoms with E-state index in [4.69, 9.17) is 10.5 Å². The van der Waals surface area contributed by atoms with Crippen LogP contribution in [0.25, 0.3) is 0 Å². The number of hydrogen-bond acceptors (Lipinski definition) is 5. The van der Waals surface area contributed by atoms with E-state index >= 15 is 0 Å². The van der Waals surface area contributed by atoms with E-state index in [9.17, 15) is 10.1 Å². The minimum atomic E-state index is -0.452. The van der Waals surface area contributed by atoms with E-state index in [0.717, 1.165) is 26.1 Å². The van der Waals surface area contributed by atoms with Gasteiger partial charge in [-0.3, -0.25) is 10.1 Å². The fourth-order valence-corrected chi connectivity index (χ4v) is 1.92. The van der Waals surface area contributed by atoms with Gasteiger partial charge in [0.1, 0.15) is 5.75 Å². The number of non-ortho nitro benzene ring substituents is 1. The number of rotatable bonds is 8. The molecule has 1 atom stereocenters. The van der Waals surface area contributed by atoms with Gasteiger partial charge in [-0.15, -0.1) is 0 Å². The van der Waals surface area contributed by atoms with Gasteiger partial charge in [0.05, 0.1) is 22.8 Å². The summed E-state index contributed by atoms with van der Waals surface area (Å²) in [5.74, 6) is 0.381. The molecule has 1 unspecified atom stereocenters. The summed E-state index contributed by atoms with van der Waals surface area (Å²) in [6.45, 7) is 9.12. The highest BCUT2D eigenvalue weighted by atomic mass is 16.6. The second-order valence-electron chi connectivity index (χ2n) is 4.72. The van der Waals surface area contributed by atoms with Crippen molar-refractivity contribution in [2.45, 2.75) is 33.3 Å². The van der Waals surface area contributed by atoms with E-state index in [1.807, 2.05) is 6.92 Å². The number of hydrogen-bond donors (Lipinski definition) is 1. The molecule has 0 heterocycles. The Balaban J connectivity index is 2.63. The van der Waals surface area contributed by atoms with Gasteiger partial charge in [0.15, 0.2) is 0 Å². The maximum absolute atomic E-state index is 10.7. The molecule has 0 saturated carbocycles. The molecular formula is C14H23N3O3. The highest BCUT2D eigenvalue weighted by Crippen LogP contribution is 2.27. The fraction of sp³-hybridized carbons (Fsp3) is 0.571. The zero-order valence-corrected chi connectivity index (χ0v) is 12.3. The van der Waals surface area contributed by atoms with Crippen molar-refractivity contribution >= 4 is 11.4 Å². The van der Waals surface area contributed by atoms with Crippen LogP contribution in [0.15, 0.2) is 18.2 Å². The van der Waals surface area contributed by atoms with E-state index in [1.54, 1.807) is 0 Å². The first kappa shape index (κ1) is 16.2. The van der Waals surface area contributed by atoms with Crippen molar-refractivity contribution in [2.75, 3.05) is 25.4 Å². The van der Waals surface area contributed by atoms with Crippen molar-refractivity contribution in [2.24, 2.45) is 0 Å². The maximum Gasteiger partial charge on any atom is 0.273 e. The molecular weight excluding hydrogens is 258 g/mol. The van der Waals surface area contributed by atoms with Gasteiger partial charge in [-0.05, 0) is 32.5 Å². The molecule has 6 nitrogen and oxygen atoms in total. The maximum atomic E-state index is 10.7. The lowest BCUT2D eigenvalue weighted by atomic mass is 10.2. The van der Waals surface area contributed by atoms with Crippen LogP contribution in [0.2, 0.25) is 0 Å². The first-order chi connectivity index (χ1) is 9.47. The Morgan fingerprint density at radius 2 is 2.05 bits per heavy atom. The largest absolute Gasteiger partial charge is 0.488 e. The van der Waals surface area contributed by atoms with Gasteiger partial charge in [0, 0.05) is 12.6 Å². The summed E-state index contributed by atoms with van der Waals surface area (Å²) in [5, 5.41) is 10.7. The average molecular weight is 281 g/mol. The number of anilines is 1. The highest BCUT2D eigenvalue weighted by molar-refractivity contribution is 5.57. The van der Waals surface area contributed by atoms with Crippen LogP contribution in [0.1, 0.15) is 27.2 Å². The molecule has 6 heteroatoms. The summed E-state index contributed by atoms with van der Waals surface area (Å²) in [6, 6.07) is 4.26. The summed E-state index contributed by atoms with van der Waals surface area (Å²) < 4.78 is 5.72. The van der Waals surface area contributed by atoms with Gasteiger partial charge in [0.2, 0.25) is 0 Å². The predicted octanol–water partition coefficient (Wildman–Crippen LogP) is 2.68. The number of ether oxygens (including phenoxy) is 1. The molecule has 2 N–H and O–H groups in total. The zero-order chi connectivity index (χ0) is 15.1. The first-order valence-electron chi connectivity index (χ1n) is 6.90. The minimum Gasteiger partial charge on any atom is -0.488 e. The second-order valence-corrected chi connectivity index (χ2v) is 4.72. The molecule has 0 spiro atoms. The predicted molar refractivity (Wildman–Crippen MR) is 80.0 cm³/mol. The van der Waals surface area contributed by atoms with E-state index < -0.39 is 4.92 Å². The smallest absolute Gasteiger partial charge is 0.273 e. The van der Waals surface area contributed by atoms with E-state index in [0.29, 0.717) is 11.4 Å². The lowest BCUT2D eigenvalue weighted by molar-refractivity contribution is -0.384. The molecule has 20 heavy (non-hydrogen) atoms.